The van der Waals surface area contributed by atoms with Gasteiger partial charge in [0.15, 0.2) is 0 Å². The Morgan fingerprint density at radius 1 is 1.19 bits per heavy atom. The lowest BCUT2D eigenvalue weighted by Gasteiger charge is -2.06. The van der Waals surface area contributed by atoms with E-state index in [9.17, 15) is 4.79 Å². The molecule has 0 aliphatic carbocycles. The maximum atomic E-state index is 12.1. The molecular weight excluding hydrogens is 266 g/mol. The smallest absolute Gasteiger partial charge is 0.344 e. The molecule has 1 heterocycles. The van der Waals surface area contributed by atoms with Crippen molar-refractivity contribution in [3.05, 3.63) is 51.9 Å². The van der Waals surface area contributed by atoms with Crippen LogP contribution in [0.3, 0.4) is 0 Å². The van der Waals surface area contributed by atoms with E-state index < -0.39 is 5.63 Å². The number of benzene rings is 2. The van der Waals surface area contributed by atoms with Gasteiger partial charge in [-0.25, -0.2) is 4.79 Å². The fourth-order valence-corrected chi connectivity index (χ4v) is 2.32. The van der Waals surface area contributed by atoms with Crippen molar-refractivity contribution in [2.45, 2.75) is 6.92 Å². The topological polar surface area (TPSA) is 76.5 Å². The third-order valence-electron chi connectivity index (χ3n) is 3.41. The second-order valence-electron chi connectivity index (χ2n) is 4.81. The van der Waals surface area contributed by atoms with Crippen LogP contribution in [-0.2, 0) is 0 Å². The first-order chi connectivity index (χ1) is 10.1. The highest BCUT2D eigenvalue weighted by Gasteiger charge is 2.09. The molecule has 21 heavy (non-hydrogen) atoms. The summed E-state index contributed by atoms with van der Waals surface area (Å²) in [6, 6.07) is 8.91. The zero-order valence-corrected chi connectivity index (χ0v) is 11.4. The fraction of sp³-hybridized carbons (Fsp3) is 0.118. The van der Waals surface area contributed by atoms with E-state index in [4.69, 9.17) is 15.3 Å². The van der Waals surface area contributed by atoms with Gasteiger partial charge in [-0.15, -0.1) is 0 Å². The molecule has 0 unspecified atom stereocenters. The zero-order valence-electron chi connectivity index (χ0n) is 11.4. The molecule has 2 aromatic carbocycles. The Balaban J connectivity index is 2.40. The van der Waals surface area contributed by atoms with Crippen molar-refractivity contribution in [2.75, 3.05) is 12.3 Å². The minimum absolute atomic E-state index is 0.219. The molecule has 3 N–H and O–H groups in total. The molecule has 3 aromatic rings. The Labute approximate surface area is 120 Å². The molecule has 104 valence electrons. The van der Waals surface area contributed by atoms with Crippen LogP contribution in [0.2, 0.25) is 0 Å². The maximum Gasteiger partial charge on any atom is 0.344 e. The molecule has 1 aromatic heterocycles. The standard InChI is InChI=1S/C17H13NO3/c1-10-7-13-12-5-4-11(3-2-6-19)8-14(12)17(20)21-16(13)9-15(10)18/h4-5,7-9,19H,6,18H2,1H3. The third-order valence-corrected chi connectivity index (χ3v) is 3.41. The number of anilines is 1. The van der Waals surface area contributed by atoms with Crippen LogP contribution in [0.5, 0.6) is 0 Å². The summed E-state index contributed by atoms with van der Waals surface area (Å²) in [5.41, 5.74) is 8.10. The van der Waals surface area contributed by atoms with Crippen LogP contribution in [-0.4, -0.2) is 11.7 Å². The van der Waals surface area contributed by atoms with Gasteiger partial charge in [0.1, 0.15) is 12.2 Å². The molecule has 0 spiro atoms. The Kier molecular flexibility index (Phi) is 3.13. The van der Waals surface area contributed by atoms with Crippen molar-refractivity contribution >= 4 is 27.4 Å². The van der Waals surface area contributed by atoms with Crippen LogP contribution >= 0.6 is 0 Å². The molecule has 0 radical (unpaired) electrons. The Morgan fingerprint density at radius 3 is 2.76 bits per heavy atom. The molecule has 4 heteroatoms. The number of nitrogen functional groups attached to an aromatic ring is 1. The van der Waals surface area contributed by atoms with Crippen LogP contribution in [0.15, 0.2) is 39.5 Å². The maximum absolute atomic E-state index is 12.1. The molecule has 0 saturated carbocycles. The number of fused-ring (bicyclic) bond motifs is 3. The largest absolute Gasteiger partial charge is 0.422 e. The zero-order chi connectivity index (χ0) is 15.0. The van der Waals surface area contributed by atoms with Crippen molar-refractivity contribution in [3.63, 3.8) is 0 Å². The Morgan fingerprint density at radius 2 is 2.00 bits per heavy atom. The van der Waals surface area contributed by atoms with Gasteiger partial charge in [-0.1, -0.05) is 17.9 Å². The predicted octanol–water partition coefficient (Wildman–Crippen LogP) is 2.18. The molecule has 4 nitrogen and oxygen atoms in total. The SMILES string of the molecule is Cc1cc2c(cc1N)oc(=O)c1cc(C#CCO)ccc12. The van der Waals surface area contributed by atoms with E-state index in [2.05, 4.69) is 11.8 Å². The minimum atomic E-state index is -0.423. The van der Waals surface area contributed by atoms with Gasteiger partial charge in [0.05, 0.1) is 5.39 Å². The lowest BCUT2D eigenvalue weighted by atomic mass is 10.0. The van der Waals surface area contributed by atoms with Crippen molar-refractivity contribution in [3.8, 4) is 11.8 Å². The van der Waals surface area contributed by atoms with Crippen molar-refractivity contribution in [2.24, 2.45) is 0 Å². The number of aryl methyl sites for hydroxylation is 1. The Bertz CT molecular complexity index is 974. The molecule has 0 aliphatic heterocycles. The van der Waals surface area contributed by atoms with E-state index in [1.807, 2.05) is 25.1 Å². The molecule has 0 bridgehead atoms. The first-order valence-electron chi connectivity index (χ1n) is 6.46. The van der Waals surface area contributed by atoms with Gasteiger partial charge in [0.25, 0.3) is 0 Å². The number of aliphatic hydroxyl groups is 1. The first-order valence-corrected chi connectivity index (χ1v) is 6.46. The monoisotopic (exact) mass is 279 g/mol. The highest BCUT2D eigenvalue weighted by Crippen LogP contribution is 2.27. The number of hydrogen-bond acceptors (Lipinski definition) is 4. The van der Waals surface area contributed by atoms with E-state index in [1.165, 1.54) is 0 Å². The van der Waals surface area contributed by atoms with Gasteiger partial charge < -0.3 is 15.3 Å². The summed E-state index contributed by atoms with van der Waals surface area (Å²) in [5, 5.41) is 10.8. The number of aliphatic hydroxyl groups excluding tert-OH is 1. The van der Waals surface area contributed by atoms with Crippen molar-refractivity contribution in [1.29, 1.82) is 0 Å². The number of rotatable bonds is 0. The predicted molar refractivity (Wildman–Crippen MR) is 83.1 cm³/mol. The third kappa shape index (κ3) is 2.24. The van der Waals surface area contributed by atoms with Gasteiger partial charge in [-0.2, -0.15) is 0 Å². The fourth-order valence-electron chi connectivity index (χ4n) is 2.32. The molecule has 0 amide bonds. The van der Waals surface area contributed by atoms with Gasteiger partial charge in [-0.05, 0) is 30.7 Å². The highest BCUT2D eigenvalue weighted by atomic mass is 16.4. The molecule has 3 rings (SSSR count). The number of hydrogen-bond donors (Lipinski definition) is 2. The van der Waals surface area contributed by atoms with Crippen LogP contribution < -0.4 is 11.4 Å². The highest BCUT2D eigenvalue weighted by molar-refractivity contribution is 6.05. The second-order valence-corrected chi connectivity index (χ2v) is 4.81. The molecular formula is C17H13NO3. The van der Waals surface area contributed by atoms with Crippen molar-refractivity contribution in [1.82, 2.24) is 0 Å². The summed E-state index contributed by atoms with van der Waals surface area (Å²) in [6.45, 7) is 1.69. The van der Waals surface area contributed by atoms with E-state index in [-0.39, 0.29) is 6.61 Å². The number of nitrogens with two attached hydrogens (primary N) is 1. The van der Waals surface area contributed by atoms with Gasteiger partial charge in [-0.3, -0.25) is 0 Å². The van der Waals surface area contributed by atoms with E-state index in [1.54, 1.807) is 12.1 Å². The van der Waals surface area contributed by atoms with Gasteiger partial charge in [0.2, 0.25) is 0 Å². The van der Waals surface area contributed by atoms with Crippen LogP contribution in [0.25, 0.3) is 21.7 Å². The van der Waals surface area contributed by atoms with Gasteiger partial charge in [0, 0.05) is 28.1 Å². The quantitative estimate of drug-likeness (QED) is 0.286. The average Bonchev–Trinajstić information content (AvgIpc) is 2.47. The summed E-state index contributed by atoms with van der Waals surface area (Å²) < 4.78 is 5.34. The molecule has 0 saturated heterocycles. The lowest BCUT2D eigenvalue weighted by molar-refractivity contribution is 0.350. The average molecular weight is 279 g/mol. The summed E-state index contributed by atoms with van der Waals surface area (Å²) in [4.78, 5) is 12.1. The minimum Gasteiger partial charge on any atom is -0.422 e. The second kappa shape index (κ2) is 4.97. The summed E-state index contributed by atoms with van der Waals surface area (Å²) in [6.07, 6.45) is 0. The van der Waals surface area contributed by atoms with E-state index in [0.717, 1.165) is 16.3 Å². The van der Waals surface area contributed by atoms with Crippen molar-refractivity contribution < 1.29 is 9.52 Å². The molecule has 0 atom stereocenters. The molecule has 0 aliphatic rings. The Hall–Kier alpha value is -2.77. The molecule has 0 fully saturated rings. The lowest BCUT2D eigenvalue weighted by Crippen LogP contribution is -2.01. The van der Waals surface area contributed by atoms with E-state index >= 15 is 0 Å². The normalized spacial score (nSPS) is 10.6. The first kappa shape index (κ1) is 13.2. The van der Waals surface area contributed by atoms with Crippen LogP contribution in [0.4, 0.5) is 5.69 Å². The van der Waals surface area contributed by atoms with Crippen LogP contribution in [0.1, 0.15) is 11.1 Å². The summed E-state index contributed by atoms with van der Waals surface area (Å²) >= 11 is 0. The van der Waals surface area contributed by atoms with Crippen LogP contribution in [0, 0.1) is 18.8 Å². The summed E-state index contributed by atoms with van der Waals surface area (Å²) in [5.74, 6) is 5.34. The summed E-state index contributed by atoms with van der Waals surface area (Å²) in [7, 11) is 0. The van der Waals surface area contributed by atoms with Gasteiger partial charge >= 0.3 is 5.63 Å². The van der Waals surface area contributed by atoms with E-state index in [0.29, 0.717) is 22.2 Å².